The van der Waals surface area contributed by atoms with Gasteiger partial charge >= 0.3 is 0 Å². The maximum Gasteiger partial charge on any atom is 0.228 e. The van der Waals surface area contributed by atoms with Crippen molar-refractivity contribution in [3.8, 4) is 0 Å². The van der Waals surface area contributed by atoms with Crippen molar-refractivity contribution < 1.29 is 4.79 Å². The Kier molecular flexibility index (Phi) is 5.36. The molecule has 0 saturated carbocycles. The highest BCUT2D eigenvalue weighted by Gasteiger charge is 2.05. The molecule has 0 aliphatic heterocycles. The molecular formula is C16H16N2OS2. The van der Waals surface area contributed by atoms with Gasteiger partial charge in [-0.3, -0.25) is 4.79 Å². The molecule has 0 fully saturated rings. The summed E-state index contributed by atoms with van der Waals surface area (Å²) in [6.45, 7) is 0. The fraction of sp³-hybridized carbons (Fsp3) is 0.125. The number of rotatable bonds is 5. The van der Waals surface area contributed by atoms with Crippen LogP contribution in [0.15, 0.2) is 53.4 Å². The van der Waals surface area contributed by atoms with E-state index < -0.39 is 0 Å². The summed E-state index contributed by atoms with van der Waals surface area (Å²) in [7, 11) is 0. The molecule has 0 atom stereocenters. The number of carbonyl (C=O) groups excluding carboxylic acids is 1. The predicted octanol–water partition coefficient (Wildman–Crippen LogP) is 3.22. The monoisotopic (exact) mass is 316 g/mol. The summed E-state index contributed by atoms with van der Waals surface area (Å²) in [6.07, 6.45) is 2.34. The molecule has 0 aliphatic carbocycles. The van der Waals surface area contributed by atoms with Crippen molar-refractivity contribution in [2.75, 3.05) is 11.6 Å². The van der Waals surface area contributed by atoms with E-state index in [0.29, 0.717) is 11.4 Å². The van der Waals surface area contributed by atoms with Gasteiger partial charge in [0.15, 0.2) is 0 Å². The number of hydrogen-bond donors (Lipinski definition) is 2. The lowest BCUT2D eigenvalue weighted by Crippen LogP contribution is -2.14. The van der Waals surface area contributed by atoms with Crippen LogP contribution in [0.5, 0.6) is 0 Å². The second-order valence-electron chi connectivity index (χ2n) is 4.51. The van der Waals surface area contributed by atoms with E-state index in [1.54, 1.807) is 11.8 Å². The Morgan fingerprint density at radius 2 is 1.76 bits per heavy atom. The van der Waals surface area contributed by atoms with Gasteiger partial charge < -0.3 is 11.1 Å². The minimum atomic E-state index is -0.0463. The first-order valence-electron chi connectivity index (χ1n) is 6.41. The van der Waals surface area contributed by atoms with Crippen LogP contribution in [0.3, 0.4) is 0 Å². The molecule has 0 bridgehead atoms. The Balaban J connectivity index is 1.95. The van der Waals surface area contributed by atoms with E-state index in [0.717, 1.165) is 16.8 Å². The number of nitrogens with one attached hydrogen (secondary N) is 1. The van der Waals surface area contributed by atoms with Gasteiger partial charge in [-0.15, -0.1) is 11.8 Å². The summed E-state index contributed by atoms with van der Waals surface area (Å²) in [5, 5.41) is 2.88. The smallest absolute Gasteiger partial charge is 0.228 e. The van der Waals surface area contributed by atoms with Gasteiger partial charge in [-0.1, -0.05) is 36.5 Å². The van der Waals surface area contributed by atoms with Crippen molar-refractivity contribution in [3.63, 3.8) is 0 Å². The lowest BCUT2D eigenvalue weighted by atomic mass is 10.1. The van der Waals surface area contributed by atoms with Gasteiger partial charge in [0.25, 0.3) is 0 Å². The number of amides is 1. The summed E-state index contributed by atoms with van der Waals surface area (Å²) < 4.78 is 0. The van der Waals surface area contributed by atoms with Crippen molar-refractivity contribution in [2.24, 2.45) is 5.73 Å². The second-order valence-corrected chi connectivity index (χ2v) is 5.83. The number of carbonyl (C=O) groups is 1. The number of anilines is 1. The molecular weight excluding hydrogens is 300 g/mol. The molecule has 2 aromatic rings. The number of benzene rings is 2. The van der Waals surface area contributed by atoms with Crippen LogP contribution in [-0.2, 0) is 11.2 Å². The molecule has 1 amide bonds. The Bertz CT molecular complexity index is 636. The van der Waals surface area contributed by atoms with E-state index in [9.17, 15) is 4.79 Å². The third-order valence-corrected chi connectivity index (χ3v) is 3.96. The summed E-state index contributed by atoms with van der Waals surface area (Å²) in [5.41, 5.74) is 8.08. The van der Waals surface area contributed by atoms with Gasteiger partial charge in [0, 0.05) is 16.1 Å². The highest BCUT2D eigenvalue weighted by molar-refractivity contribution is 7.98. The summed E-state index contributed by atoms with van der Waals surface area (Å²) >= 11 is 6.57. The fourth-order valence-corrected chi connectivity index (χ4v) is 2.40. The summed E-state index contributed by atoms with van der Waals surface area (Å²) in [4.78, 5) is 13.5. The van der Waals surface area contributed by atoms with Gasteiger partial charge in [-0.25, -0.2) is 0 Å². The molecule has 2 aromatic carbocycles. The van der Waals surface area contributed by atoms with Crippen molar-refractivity contribution in [2.45, 2.75) is 11.3 Å². The van der Waals surface area contributed by atoms with E-state index in [-0.39, 0.29) is 5.91 Å². The minimum Gasteiger partial charge on any atom is -0.389 e. The van der Waals surface area contributed by atoms with E-state index in [1.807, 2.05) is 54.8 Å². The van der Waals surface area contributed by atoms with Crippen LogP contribution < -0.4 is 11.1 Å². The third kappa shape index (κ3) is 4.58. The van der Waals surface area contributed by atoms with Gasteiger partial charge in [-0.2, -0.15) is 0 Å². The van der Waals surface area contributed by atoms with Gasteiger partial charge in [0.2, 0.25) is 5.91 Å². The largest absolute Gasteiger partial charge is 0.389 e. The first-order valence-corrected chi connectivity index (χ1v) is 8.04. The van der Waals surface area contributed by atoms with Crippen LogP contribution in [0.4, 0.5) is 5.69 Å². The molecule has 0 heterocycles. The third-order valence-electron chi connectivity index (χ3n) is 2.98. The topological polar surface area (TPSA) is 55.1 Å². The molecule has 0 aromatic heterocycles. The van der Waals surface area contributed by atoms with E-state index in [1.165, 1.54) is 4.90 Å². The van der Waals surface area contributed by atoms with Crippen molar-refractivity contribution in [1.82, 2.24) is 0 Å². The van der Waals surface area contributed by atoms with Crippen LogP contribution in [0.2, 0.25) is 0 Å². The molecule has 0 spiro atoms. The summed E-state index contributed by atoms with van der Waals surface area (Å²) in [5.74, 6) is -0.0463. The van der Waals surface area contributed by atoms with Crippen molar-refractivity contribution in [3.05, 3.63) is 59.7 Å². The maximum absolute atomic E-state index is 12.0. The molecule has 0 aliphatic rings. The zero-order chi connectivity index (χ0) is 15.2. The minimum absolute atomic E-state index is 0.0463. The highest BCUT2D eigenvalue weighted by atomic mass is 32.2. The SMILES string of the molecule is CSc1ccc(NC(=O)Cc2ccc(C(N)=S)cc2)cc1. The Labute approximate surface area is 133 Å². The first-order chi connectivity index (χ1) is 10.1. The molecule has 5 heteroatoms. The Morgan fingerprint density at radius 3 is 2.29 bits per heavy atom. The highest BCUT2D eigenvalue weighted by Crippen LogP contribution is 2.17. The summed E-state index contributed by atoms with van der Waals surface area (Å²) in [6, 6.07) is 15.2. The van der Waals surface area contributed by atoms with E-state index in [2.05, 4.69) is 5.32 Å². The van der Waals surface area contributed by atoms with Crippen LogP contribution in [0, 0.1) is 0 Å². The average molecular weight is 316 g/mol. The van der Waals surface area contributed by atoms with E-state index >= 15 is 0 Å². The molecule has 0 unspecified atom stereocenters. The normalized spacial score (nSPS) is 10.1. The zero-order valence-corrected chi connectivity index (χ0v) is 13.3. The van der Waals surface area contributed by atoms with Gasteiger partial charge in [0.1, 0.15) is 4.99 Å². The lowest BCUT2D eigenvalue weighted by molar-refractivity contribution is -0.115. The van der Waals surface area contributed by atoms with E-state index in [4.69, 9.17) is 18.0 Å². The zero-order valence-electron chi connectivity index (χ0n) is 11.6. The maximum atomic E-state index is 12.0. The average Bonchev–Trinajstić information content (AvgIpc) is 2.48. The molecule has 0 saturated heterocycles. The van der Waals surface area contributed by atoms with Crippen molar-refractivity contribution in [1.29, 1.82) is 0 Å². The number of nitrogens with two attached hydrogens (primary N) is 1. The Morgan fingerprint density at radius 1 is 1.14 bits per heavy atom. The predicted molar refractivity (Wildman–Crippen MR) is 92.9 cm³/mol. The number of thiocarbonyl (C=S) groups is 1. The first kappa shape index (κ1) is 15.5. The van der Waals surface area contributed by atoms with Crippen LogP contribution in [0.25, 0.3) is 0 Å². The van der Waals surface area contributed by atoms with Crippen molar-refractivity contribution >= 4 is 40.6 Å². The molecule has 21 heavy (non-hydrogen) atoms. The van der Waals surface area contributed by atoms with Crippen LogP contribution in [-0.4, -0.2) is 17.2 Å². The quantitative estimate of drug-likeness (QED) is 0.657. The molecule has 108 valence electrons. The van der Waals surface area contributed by atoms with Crippen LogP contribution in [0.1, 0.15) is 11.1 Å². The Hall–Kier alpha value is -1.85. The van der Waals surface area contributed by atoms with Gasteiger partial charge in [0.05, 0.1) is 6.42 Å². The number of hydrogen-bond acceptors (Lipinski definition) is 3. The number of thioether (sulfide) groups is 1. The molecule has 2 rings (SSSR count). The standard InChI is InChI=1S/C16H16N2OS2/c1-21-14-8-6-13(7-9-14)18-15(19)10-11-2-4-12(5-3-11)16(17)20/h2-9H,10H2,1H3,(H2,17,20)(H,18,19). The molecule has 3 N–H and O–H groups in total. The molecule has 3 nitrogen and oxygen atoms in total. The fourth-order valence-electron chi connectivity index (χ4n) is 1.85. The van der Waals surface area contributed by atoms with Crippen LogP contribution >= 0.6 is 24.0 Å². The second kappa shape index (κ2) is 7.24. The lowest BCUT2D eigenvalue weighted by Gasteiger charge is -2.06. The molecule has 0 radical (unpaired) electrons. The van der Waals surface area contributed by atoms with Gasteiger partial charge in [-0.05, 0) is 36.1 Å².